The maximum absolute atomic E-state index is 12.6. The average Bonchev–Trinajstić information content (AvgIpc) is 2.92. The van der Waals surface area contributed by atoms with Crippen LogP contribution < -0.4 is 20.1 Å². The number of aryl methyl sites for hydroxylation is 2. The van der Waals surface area contributed by atoms with E-state index in [0.29, 0.717) is 19.1 Å². The van der Waals surface area contributed by atoms with Crippen LogP contribution >= 0.6 is 24.0 Å². The zero-order valence-electron chi connectivity index (χ0n) is 18.8. The van der Waals surface area contributed by atoms with Gasteiger partial charge in [0.05, 0.1) is 12.3 Å². The van der Waals surface area contributed by atoms with Crippen LogP contribution in [0.15, 0.2) is 23.2 Å². The Labute approximate surface area is 199 Å². The highest BCUT2D eigenvalue weighted by Gasteiger charge is 2.15. The van der Waals surface area contributed by atoms with Crippen molar-refractivity contribution in [2.45, 2.75) is 53.3 Å². The summed E-state index contributed by atoms with van der Waals surface area (Å²) in [5.74, 6) is 0.956. The summed E-state index contributed by atoms with van der Waals surface area (Å²) in [6.07, 6.45) is 0.820. The smallest absolute Gasteiger partial charge is 0.387 e. The van der Waals surface area contributed by atoms with E-state index in [2.05, 4.69) is 39.3 Å². The summed E-state index contributed by atoms with van der Waals surface area (Å²) in [6, 6.07) is 5.03. The predicted molar refractivity (Wildman–Crippen MR) is 129 cm³/mol. The molecule has 0 aliphatic heterocycles. The first-order valence-corrected chi connectivity index (χ1v) is 9.91. The van der Waals surface area contributed by atoms with E-state index in [1.807, 2.05) is 18.7 Å². The number of alkyl halides is 2. The first kappa shape index (κ1) is 26.9. The molecule has 1 aromatic heterocycles. The molecule has 0 aliphatic carbocycles. The second-order valence-corrected chi connectivity index (χ2v) is 7.04. The summed E-state index contributed by atoms with van der Waals surface area (Å²) >= 11 is 0. The van der Waals surface area contributed by atoms with Gasteiger partial charge in [0, 0.05) is 32.4 Å². The third kappa shape index (κ3) is 7.82. The number of rotatable bonds is 9. The number of aromatic nitrogens is 2. The molecule has 174 valence electrons. The second kappa shape index (κ2) is 12.7. The summed E-state index contributed by atoms with van der Waals surface area (Å²) in [6.45, 7) is 5.85. The number of nitrogens with zero attached hydrogens (tertiary/aromatic N) is 3. The van der Waals surface area contributed by atoms with Crippen LogP contribution in [0.1, 0.15) is 36.4 Å². The number of hydrogen-bond donors (Lipinski definition) is 2. The SMILES string of the molecule is CCOc1cc(CNC(=NC)NC(C)Cc2c(C)nn(C)c2C)ccc1OC(F)F.I. The van der Waals surface area contributed by atoms with Gasteiger partial charge in [-0.15, -0.1) is 24.0 Å². The molecule has 31 heavy (non-hydrogen) atoms. The Bertz CT molecular complexity index is 874. The van der Waals surface area contributed by atoms with Crippen LogP contribution in [0.2, 0.25) is 0 Å². The van der Waals surface area contributed by atoms with Gasteiger partial charge in [0.2, 0.25) is 0 Å². The Morgan fingerprint density at radius 2 is 1.97 bits per heavy atom. The predicted octanol–water partition coefficient (Wildman–Crippen LogP) is 3.95. The van der Waals surface area contributed by atoms with E-state index in [9.17, 15) is 8.78 Å². The molecule has 0 fully saturated rings. The van der Waals surface area contributed by atoms with Gasteiger partial charge in [0.25, 0.3) is 0 Å². The first-order chi connectivity index (χ1) is 14.2. The van der Waals surface area contributed by atoms with E-state index in [0.717, 1.165) is 23.4 Å². The number of nitrogens with one attached hydrogen (secondary N) is 2. The van der Waals surface area contributed by atoms with Crippen molar-refractivity contribution in [1.82, 2.24) is 20.4 Å². The van der Waals surface area contributed by atoms with E-state index < -0.39 is 6.61 Å². The molecule has 1 heterocycles. The average molecular weight is 551 g/mol. The minimum atomic E-state index is -2.90. The Hall–Kier alpha value is -2.11. The van der Waals surface area contributed by atoms with Gasteiger partial charge in [-0.05, 0) is 57.4 Å². The lowest BCUT2D eigenvalue weighted by Crippen LogP contribution is -2.42. The molecule has 0 spiro atoms. The maximum atomic E-state index is 12.6. The molecule has 10 heteroatoms. The third-order valence-corrected chi connectivity index (χ3v) is 4.76. The fourth-order valence-corrected chi connectivity index (χ4v) is 3.21. The quantitative estimate of drug-likeness (QED) is 0.281. The zero-order chi connectivity index (χ0) is 22.3. The number of guanidine groups is 1. The fraction of sp³-hybridized carbons (Fsp3) is 0.524. The van der Waals surface area contributed by atoms with Crippen molar-refractivity contribution in [3.05, 3.63) is 40.7 Å². The van der Waals surface area contributed by atoms with E-state index in [1.165, 1.54) is 11.6 Å². The molecule has 1 atom stereocenters. The van der Waals surface area contributed by atoms with Crippen molar-refractivity contribution in [1.29, 1.82) is 0 Å². The van der Waals surface area contributed by atoms with Crippen LogP contribution in [0, 0.1) is 13.8 Å². The summed E-state index contributed by atoms with van der Waals surface area (Å²) in [5.41, 5.74) is 4.26. The summed E-state index contributed by atoms with van der Waals surface area (Å²) < 4.78 is 36.9. The largest absolute Gasteiger partial charge is 0.490 e. The van der Waals surface area contributed by atoms with Crippen molar-refractivity contribution in [2.75, 3.05) is 13.7 Å². The molecule has 1 aromatic carbocycles. The van der Waals surface area contributed by atoms with E-state index >= 15 is 0 Å². The molecule has 0 saturated heterocycles. The van der Waals surface area contributed by atoms with Gasteiger partial charge in [-0.3, -0.25) is 9.67 Å². The van der Waals surface area contributed by atoms with Crippen molar-refractivity contribution in [2.24, 2.45) is 12.0 Å². The lowest BCUT2D eigenvalue weighted by Gasteiger charge is -2.19. The fourth-order valence-electron chi connectivity index (χ4n) is 3.21. The Morgan fingerprint density at radius 3 is 2.52 bits per heavy atom. The van der Waals surface area contributed by atoms with E-state index in [1.54, 1.807) is 26.1 Å². The molecule has 0 aliphatic rings. The number of benzene rings is 1. The van der Waals surface area contributed by atoms with Crippen molar-refractivity contribution in [3.63, 3.8) is 0 Å². The van der Waals surface area contributed by atoms with Crippen LogP contribution in [0.25, 0.3) is 0 Å². The zero-order valence-corrected chi connectivity index (χ0v) is 21.2. The molecule has 0 radical (unpaired) electrons. The molecule has 2 aromatic rings. The first-order valence-electron chi connectivity index (χ1n) is 9.91. The van der Waals surface area contributed by atoms with Crippen LogP contribution in [0.5, 0.6) is 11.5 Å². The molecule has 7 nitrogen and oxygen atoms in total. The number of hydrogen-bond acceptors (Lipinski definition) is 4. The number of halogens is 3. The van der Waals surface area contributed by atoms with Gasteiger partial charge in [0.1, 0.15) is 0 Å². The molecule has 1 unspecified atom stereocenters. The Morgan fingerprint density at radius 1 is 1.26 bits per heavy atom. The molecule has 0 amide bonds. The maximum Gasteiger partial charge on any atom is 0.387 e. The number of aliphatic imine (C=N–C) groups is 1. The molecular formula is C21H32F2IN5O2. The Kier molecular flexibility index (Phi) is 11.0. The van der Waals surface area contributed by atoms with Gasteiger partial charge in [0.15, 0.2) is 17.5 Å². The second-order valence-electron chi connectivity index (χ2n) is 7.04. The number of ether oxygens (including phenoxy) is 2. The third-order valence-electron chi connectivity index (χ3n) is 4.76. The highest BCUT2D eigenvalue weighted by Crippen LogP contribution is 2.29. The minimum Gasteiger partial charge on any atom is -0.490 e. The van der Waals surface area contributed by atoms with Gasteiger partial charge >= 0.3 is 6.61 Å². The van der Waals surface area contributed by atoms with Gasteiger partial charge in [-0.25, -0.2) is 0 Å². The van der Waals surface area contributed by atoms with Gasteiger partial charge in [-0.1, -0.05) is 6.07 Å². The molecule has 2 rings (SSSR count). The molecule has 0 bridgehead atoms. The van der Waals surface area contributed by atoms with Gasteiger partial charge < -0.3 is 20.1 Å². The van der Waals surface area contributed by atoms with Crippen LogP contribution in [-0.2, 0) is 20.0 Å². The van der Waals surface area contributed by atoms with E-state index in [4.69, 9.17) is 4.74 Å². The van der Waals surface area contributed by atoms with Crippen LogP contribution in [-0.4, -0.2) is 42.0 Å². The standard InChI is InChI=1S/C21H31F2N5O2.HI/c1-7-29-19-11-16(8-9-18(19)30-20(22)23)12-25-21(24-5)26-13(2)10-17-14(3)27-28(6)15(17)4;/h8-9,11,13,20H,7,10,12H2,1-6H3,(H2,24,25,26);1H. The van der Waals surface area contributed by atoms with Gasteiger partial charge in [-0.2, -0.15) is 13.9 Å². The lowest BCUT2D eigenvalue weighted by molar-refractivity contribution is -0.0514. The van der Waals surface area contributed by atoms with Crippen molar-refractivity contribution >= 4 is 29.9 Å². The van der Waals surface area contributed by atoms with Crippen LogP contribution in [0.3, 0.4) is 0 Å². The Balaban J connectivity index is 0.00000480. The van der Waals surface area contributed by atoms with Crippen LogP contribution in [0.4, 0.5) is 8.78 Å². The molecule has 2 N–H and O–H groups in total. The lowest BCUT2D eigenvalue weighted by atomic mass is 10.1. The van der Waals surface area contributed by atoms with Crippen molar-refractivity contribution in [3.8, 4) is 11.5 Å². The normalized spacial score (nSPS) is 12.4. The molecular weight excluding hydrogens is 519 g/mol. The highest BCUT2D eigenvalue weighted by molar-refractivity contribution is 14.0. The summed E-state index contributed by atoms with van der Waals surface area (Å²) in [7, 11) is 3.65. The monoisotopic (exact) mass is 551 g/mol. The summed E-state index contributed by atoms with van der Waals surface area (Å²) in [5, 5.41) is 11.1. The van der Waals surface area contributed by atoms with Crippen molar-refractivity contribution < 1.29 is 18.3 Å². The topological polar surface area (TPSA) is 72.7 Å². The summed E-state index contributed by atoms with van der Waals surface area (Å²) in [4.78, 5) is 4.27. The molecule has 0 saturated carbocycles. The van der Waals surface area contributed by atoms with E-state index in [-0.39, 0.29) is 41.5 Å². The highest BCUT2D eigenvalue weighted by atomic mass is 127. The minimum absolute atomic E-state index is 0.